The fraction of sp³-hybridized carbons (Fsp3) is 0.897. The van der Waals surface area contributed by atoms with E-state index in [0.29, 0.717) is 25.7 Å². The minimum Gasteiger partial charge on any atom is -0.394 e. The molecule has 4 aliphatic carbocycles. The standard InChI is InChI=1S/C39H64O13/c1-17(2)7-10-25(42)18(3)29-26(50-37-35(48)33(46)31(44)27(16-40)51-37)15-24-22-9-8-20-13-21(41)14-28(39(20,6)23(22)11-12-38(24,29)5)52-36-34(47)32(45)30(43)19(4)49-36/h7-8,18-19,21-37,40-48H,9-16H2,1-6H3/t18-,19+,21-,22-,23+,24+,25+,26+,27-,28-,29+,30+,31-,32-,33+,34-,35-,36+,37-,38+,39+/m1/s1. The molecule has 298 valence electrons. The number of ether oxygens (including phenoxy) is 4. The molecule has 3 saturated carbocycles. The summed E-state index contributed by atoms with van der Waals surface area (Å²) in [5, 5.41) is 96.2. The topological polar surface area (TPSA) is 219 Å². The molecule has 13 nitrogen and oxygen atoms in total. The van der Waals surface area contributed by atoms with Crippen LogP contribution in [0.5, 0.6) is 0 Å². The van der Waals surface area contributed by atoms with E-state index < -0.39 is 97.8 Å². The highest BCUT2D eigenvalue weighted by molar-refractivity contribution is 5.28. The lowest BCUT2D eigenvalue weighted by molar-refractivity contribution is -0.318. The Bertz CT molecular complexity index is 1300. The van der Waals surface area contributed by atoms with Gasteiger partial charge in [-0.1, -0.05) is 44.1 Å². The van der Waals surface area contributed by atoms with Crippen molar-refractivity contribution in [3.63, 3.8) is 0 Å². The maximum atomic E-state index is 11.6. The molecule has 13 heteroatoms. The second kappa shape index (κ2) is 15.5. The van der Waals surface area contributed by atoms with Gasteiger partial charge in [-0.2, -0.15) is 0 Å². The summed E-state index contributed by atoms with van der Waals surface area (Å²) in [5.41, 5.74) is 1.39. The molecule has 0 aromatic carbocycles. The third kappa shape index (κ3) is 6.99. The highest BCUT2D eigenvalue weighted by Crippen LogP contribution is 2.68. The van der Waals surface area contributed by atoms with Gasteiger partial charge in [0, 0.05) is 11.8 Å². The maximum Gasteiger partial charge on any atom is 0.186 e. The summed E-state index contributed by atoms with van der Waals surface area (Å²) in [6, 6.07) is 0. The third-order valence-electron chi connectivity index (χ3n) is 14.4. The molecule has 6 aliphatic rings. The van der Waals surface area contributed by atoms with Crippen molar-refractivity contribution < 1.29 is 64.9 Å². The Labute approximate surface area is 307 Å². The SMILES string of the molecule is CC(C)=CC[C@H](O)[C@@H](C)[C@H]1[C@@H](O[C@@H]2O[C@H](CO)[C@@H](O)[C@H](O)[C@H]2O)C[C@H]2[C@@H]3CC=C4C[C@@H](O)C[C@@H](O[C@@H]5O[C@@H](C)[C@H](O)[C@@H](O)[C@H]5O)[C@]4(C)[C@H]3CC[C@]12C. The van der Waals surface area contributed by atoms with E-state index in [1.807, 2.05) is 26.8 Å². The maximum absolute atomic E-state index is 11.6. The summed E-state index contributed by atoms with van der Waals surface area (Å²) in [6.07, 6.45) is -6.93. The van der Waals surface area contributed by atoms with Crippen LogP contribution in [-0.4, -0.2) is 138 Å². The lowest BCUT2D eigenvalue weighted by atomic mass is 9.46. The van der Waals surface area contributed by atoms with Crippen LogP contribution in [-0.2, 0) is 18.9 Å². The Balaban J connectivity index is 1.32. The molecular formula is C39H64O13. The first-order chi connectivity index (χ1) is 24.4. The molecule has 0 aromatic heterocycles. The number of allylic oxidation sites excluding steroid dienone is 2. The minimum absolute atomic E-state index is 0.111. The number of hydrogen-bond acceptors (Lipinski definition) is 13. The average Bonchev–Trinajstić information content (AvgIpc) is 3.40. The van der Waals surface area contributed by atoms with Gasteiger partial charge in [0.05, 0.1) is 37.1 Å². The summed E-state index contributed by atoms with van der Waals surface area (Å²) in [5.74, 6) is 0.0153. The molecule has 0 spiro atoms. The van der Waals surface area contributed by atoms with Gasteiger partial charge in [-0.25, -0.2) is 0 Å². The van der Waals surface area contributed by atoms with Gasteiger partial charge in [-0.15, -0.1) is 0 Å². The Morgan fingerprint density at radius 1 is 0.904 bits per heavy atom. The zero-order valence-corrected chi connectivity index (χ0v) is 31.4. The van der Waals surface area contributed by atoms with E-state index in [2.05, 4.69) is 19.9 Å². The predicted octanol–water partition coefficient (Wildman–Crippen LogP) is 0.897. The summed E-state index contributed by atoms with van der Waals surface area (Å²) in [7, 11) is 0. The Kier molecular flexibility index (Phi) is 12.1. The number of hydrogen-bond donors (Lipinski definition) is 9. The van der Waals surface area contributed by atoms with Crippen molar-refractivity contribution >= 4 is 0 Å². The summed E-state index contributed by atoms with van der Waals surface area (Å²) in [4.78, 5) is 0. The fourth-order valence-corrected chi connectivity index (χ4v) is 11.4. The summed E-state index contributed by atoms with van der Waals surface area (Å²) in [6.45, 7) is 11.6. The molecule has 2 aliphatic heterocycles. The van der Waals surface area contributed by atoms with Crippen molar-refractivity contribution in [3.05, 3.63) is 23.3 Å². The van der Waals surface area contributed by atoms with Crippen LogP contribution in [0.25, 0.3) is 0 Å². The molecular weight excluding hydrogens is 676 g/mol. The molecule has 2 saturated heterocycles. The van der Waals surface area contributed by atoms with E-state index in [4.69, 9.17) is 18.9 Å². The first-order valence-electron chi connectivity index (χ1n) is 19.4. The molecule has 0 bridgehead atoms. The molecule has 0 unspecified atom stereocenters. The van der Waals surface area contributed by atoms with Crippen LogP contribution in [0.2, 0.25) is 0 Å². The van der Waals surface area contributed by atoms with Crippen molar-refractivity contribution in [3.8, 4) is 0 Å². The van der Waals surface area contributed by atoms with Gasteiger partial charge in [-0.05, 0) is 94.3 Å². The van der Waals surface area contributed by atoms with Crippen molar-refractivity contribution in [1.29, 1.82) is 0 Å². The number of fused-ring (bicyclic) bond motifs is 5. The van der Waals surface area contributed by atoms with E-state index in [0.717, 1.165) is 30.4 Å². The zero-order chi connectivity index (χ0) is 38.0. The molecule has 0 amide bonds. The highest BCUT2D eigenvalue weighted by atomic mass is 16.7. The van der Waals surface area contributed by atoms with Crippen LogP contribution in [0.15, 0.2) is 23.3 Å². The Morgan fingerprint density at radius 2 is 1.56 bits per heavy atom. The molecule has 0 radical (unpaired) electrons. The van der Waals surface area contributed by atoms with Crippen molar-refractivity contribution in [1.82, 2.24) is 0 Å². The molecule has 9 N–H and O–H groups in total. The van der Waals surface area contributed by atoms with E-state index in [1.54, 1.807) is 6.92 Å². The zero-order valence-electron chi connectivity index (χ0n) is 31.4. The van der Waals surface area contributed by atoms with Crippen LogP contribution < -0.4 is 0 Å². The quantitative estimate of drug-likeness (QED) is 0.150. The van der Waals surface area contributed by atoms with E-state index in [9.17, 15) is 46.0 Å². The number of rotatable bonds is 9. The first-order valence-corrected chi connectivity index (χ1v) is 19.4. The van der Waals surface area contributed by atoms with Crippen LogP contribution in [0.1, 0.15) is 86.5 Å². The third-order valence-corrected chi connectivity index (χ3v) is 14.4. The molecule has 2 heterocycles. The first kappa shape index (κ1) is 40.6. The van der Waals surface area contributed by atoms with Gasteiger partial charge < -0.3 is 64.9 Å². The van der Waals surface area contributed by atoms with Crippen LogP contribution in [0.4, 0.5) is 0 Å². The monoisotopic (exact) mass is 740 g/mol. The van der Waals surface area contributed by atoms with Crippen LogP contribution in [0.3, 0.4) is 0 Å². The molecule has 21 atom stereocenters. The van der Waals surface area contributed by atoms with E-state index >= 15 is 0 Å². The summed E-state index contributed by atoms with van der Waals surface area (Å²) < 4.78 is 24.9. The largest absolute Gasteiger partial charge is 0.394 e. The second-order valence-electron chi connectivity index (χ2n) is 17.6. The van der Waals surface area contributed by atoms with Crippen molar-refractivity contribution in [2.45, 2.75) is 172 Å². The lowest BCUT2D eigenvalue weighted by Gasteiger charge is -2.60. The molecule has 0 aromatic rings. The van der Waals surface area contributed by atoms with E-state index in [1.165, 1.54) is 0 Å². The predicted molar refractivity (Wildman–Crippen MR) is 187 cm³/mol. The molecule has 52 heavy (non-hydrogen) atoms. The normalized spacial score (nSPS) is 51.8. The van der Waals surface area contributed by atoms with Gasteiger partial charge in [0.1, 0.15) is 42.7 Å². The van der Waals surface area contributed by atoms with Crippen molar-refractivity contribution in [2.24, 2.45) is 40.4 Å². The fourth-order valence-electron chi connectivity index (χ4n) is 11.4. The summed E-state index contributed by atoms with van der Waals surface area (Å²) >= 11 is 0. The molecule has 5 fully saturated rings. The smallest absolute Gasteiger partial charge is 0.186 e. The van der Waals surface area contributed by atoms with Gasteiger partial charge in [0.25, 0.3) is 0 Å². The van der Waals surface area contributed by atoms with Gasteiger partial charge in [0.15, 0.2) is 12.6 Å². The van der Waals surface area contributed by atoms with Crippen LogP contribution in [0, 0.1) is 40.4 Å². The van der Waals surface area contributed by atoms with Gasteiger partial charge in [-0.3, -0.25) is 0 Å². The Hall–Kier alpha value is -1.04. The Morgan fingerprint density at radius 3 is 2.21 bits per heavy atom. The van der Waals surface area contributed by atoms with Gasteiger partial charge in [0.2, 0.25) is 0 Å². The highest BCUT2D eigenvalue weighted by Gasteiger charge is 2.65. The van der Waals surface area contributed by atoms with Gasteiger partial charge >= 0.3 is 0 Å². The van der Waals surface area contributed by atoms with Crippen molar-refractivity contribution in [2.75, 3.05) is 6.61 Å². The lowest BCUT2D eigenvalue weighted by Crippen LogP contribution is -2.61. The minimum atomic E-state index is -1.57. The number of aliphatic hydroxyl groups is 9. The molecule has 6 rings (SSSR count). The average molecular weight is 741 g/mol. The van der Waals surface area contributed by atoms with E-state index in [-0.39, 0.29) is 35.0 Å². The number of aliphatic hydroxyl groups excluding tert-OH is 9. The second-order valence-corrected chi connectivity index (χ2v) is 17.6. The van der Waals surface area contributed by atoms with Crippen LogP contribution >= 0.6 is 0 Å².